The zero-order valence-corrected chi connectivity index (χ0v) is 12.1. The van der Waals surface area contributed by atoms with Crippen LogP contribution < -0.4 is 16.0 Å². The molecule has 3 N–H and O–H groups in total. The SMILES string of the molecule is CNC(=O)CNC(=O)Nc1c(C)cc(Br)cc1C. The van der Waals surface area contributed by atoms with Gasteiger partial charge in [-0.2, -0.15) is 0 Å². The van der Waals surface area contributed by atoms with Crippen LogP contribution in [0.5, 0.6) is 0 Å². The van der Waals surface area contributed by atoms with Gasteiger partial charge >= 0.3 is 6.03 Å². The molecule has 3 amide bonds. The summed E-state index contributed by atoms with van der Waals surface area (Å²) in [5.74, 6) is -0.241. The Hall–Kier alpha value is -1.56. The van der Waals surface area contributed by atoms with Crippen molar-refractivity contribution in [2.45, 2.75) is 13.8 Å². The van der Waals surface area contributed by atoms with Crippen molar-refractivity contribution in [3.63, 3.8) is 0 Å². The zero-order valence-electron chi connectivity index (χ0n) is 10.6. The third-order valence-corrected chi connectivity index (χ3v) is 2.88. The number of urea groups is 1. The number of carbonyl (C=O) groups excluding carboxylic acids is 2. The molecule has 0 saturated carbocycles. The number of carbonyl (C=O) groups is 2. The van der Waals surface area contributed by atoms with Crippen LogP contribution in [-0.2, 0) is 4.79 Å². The van der Waals surface area contributed by atoms with E-state index in [-0.39, 0.29) is 12.5 Å². The maximum atomic E-state index is 11.6. The van der Waals surface area contributed by atoms with E-state index in [4.69, 9.17) is 0 Å². The number of hydrogen-bond acceptors (Lipinski definition) is 2. The fraction of sp³-hybridized carbons (Fsp3) is 0.333. The molecule has 0 heterocycles. The molecule has 98 valence electrons. The third-order valence-electron chi connectivity index (χ3n) is 2.42. The molecular weight excluding hydrogens is 298 g/mol. The van der Waals surface area contributed by atoms with Gasteiger partial charge in [0, 0.05) is 17.2 Å². The number of anilines is 1. The van der Waals surface area contributed by atoms with Crippen molar-refractivity contribution >= 4 is 33.6 Å². The standard InChI is InChI=1S/C12H16BrN3O2/c1-7-4-9(13)5-8(2)11(7)16-12(18)15-6-10(17)14-3/h4-5H,6H2,1-3H3,(H,14,17)(H2,15,16,18). The molecule has 18 heavy (non-hydrogen) atoms. The molecule has 0 aliphatic rings. The minimum Gasteiger partial charge on any atom is -0.358 e. The maximum absolute atomic E-state index is 11.6. The Bertz CT molecular complexity index is 451. The highest BCUT2D eigenvalue weighted by Crippen LogP contribution is 2.24. The van der Waals surface area contributed by atoms with Crippen LogP contribution in [0.2, 0.25) is 0 Å². The normalized spacial score (nSPS) is 9.78. The number of halogens is 1. The molecule has 0 aromatic heterocycles. The average Bonchev–Trinajstić information content (AvgIpc) is 2.30. The van der Waals surface area contributed by atoms with Crippen molar-refractivity contribution in [1.29, 1.82) is 0 Å². The second-order valence-corrected chi connectivity index (χ2v) is 4.81. The van der Waals surface area contributed by atoms with E-state index in [0.717, 1.165) is 21.3 Å². The van der Waals surface area contributed by atoms with E-state index in [1.165, 1.54) is 7.05 Å². The zero-order chi connectivity index (χ0) is 13.7. The molecular formula is C12H16BrN3O2. The van der Waals surface area contributed by atoms with Crippen molar-refractivity contribution in [1.82, 2.24) is 10.6 Å². The topological polar surface area (TPSA) is 70.2 Å². The van der Waals surface area contributed by atoms with Gasteiger partial charge in [0.05, 0.1) is 6.54 Å². The lowest BCUT2D eigenvalue weighted by molar-refractivity contribution is -0.119. The quantitative estimate of drug-likeness (QED) is 0.798. The minimum absolute atomic E-state index is 0.0447. The first kappa shape index (κ1) is 14.5. The first-order valence-electron chi connectivity index (χ1n) is 5.46. The number of hydrogen-bond donors (Lipinski definition) is 3. The predicted octanol–water partition coefficient (Wildman–Crippen LogP) is 1.93. The van der Waals surface area contributed by atoms with Gasteiger partial charge in [-0.25, -0.2) is 4.79 Å². The Kier molecular flexibility index (Phi) is 5.15. The summed E-state index contributed by atoms with van der Waals surface area (Å²) in [5, 5.41) is 7.64. The number of aryl methyl sites for hydroxylation is 2. The van der Waals surface area contributed by atoms with Crippen LogP contribution in [0.1, 0.15) is 11.1 Å². The maximum Gasteiger partial charge on any atom is 0.319 e. The summed E-state index contributed by atoms with van der Waals surface area (Å²) in [4.78, 5) is 22.6. The Morgan fingerprint density at radius 2 is 1.78 bits per heavy atom. The fourth-order valence-corrected chi connectivity index (χ4v) is 2.20. The van der Waals surface area contributed by atoms with Gasteiger partial charge in [0.1, 0.15) is 0 Å². The lowest BCUT2D eigenvalue weighted by atomic mass is 10.1. The number of nitrogens with one attached hydrogen (secondary N) is 3. The molecule has 0 radical (unpaired) electrons. The van der Waals surface area contributed by atoms with Gasteiger partial charge in [-0.15, -0.1) is 0 Å². The molecule has 1 aromatic rings. The van der Waals surface area contributed by atoms with Gasteiger partial charge < -0.3 is 16.0 Å². The monoisotopic (exact) mass is 313 g/mol. The highest BCUT2D eigenvalue weighted by atomic mass is 79.9. The minimum atomic E-state index is -0.396. The number of benzene rings is 1. The summed E-state index contributed by atoms with van der Waals surface area (Å²) in [6.07, 6.45) is 0. The van der Waals surface area contributed by atoms with E-state index < -0.39 is 6.03 Å². The summed E-state index contributed by atoms with van der Waals surface area (Å²) < 4.78 is 0.966. The molecule has 0 saturated heterocycles. The molecule has 0 bridgehead atoms. The molecule has 0 aliphatic heterocycles. The Balaban J connectivity index is 2.68. The Morgan fingerprint density at radius 3 is 2.28 bits per heavy atom. The average molecular weight is 314 g/mol. The Morgan fingerprint density at radius 1 is 1.22 bits per heavy atom. The summed E-state index contributed by atoms with van der Waals surface area (Å²) in [6.45, 7) is 3.77. The fourth-order valence-electron chi connectivity index (χ4n) is 1.51. The van der Waals surface area contributed by atoms with Crippen LogP contribution in [0.4, 0.5) is 10.5 Å². The van der Waals surface area contributed by atoms with Crippen molar-refractivity contribution in [2.24, 2.45) is 0 Å². The van der Waals surface area contributed by atoms with Crippen LogP contribution >= 0.6 is 15.9 Å². The molecule has 1 rings (SSSR count). The van der Waals surface area contributed by atoms with Crippen LogP contribution in [0.15, 0.2) is 16.6 Å². The van der Waals surface area contributed by atoms with E-state index >= 15 is 0 Å². The van der Waals surface area contributed by atoms with Crippen LogP contribution in [-0.4, -0.2) is 25.5 Å². The van der Waals surface area contributed by atoms with E-state index in [2.05, 4.69) is 31.9 Å². The number of rotatable bonds is 3. The summed E-state index contributed by atoms with van der Waals surface area (Å²) in [7, 11) is 1.52. The first-order chi connectivity index (χ1) is 8.43. The number of amides is 3. The molecule has 5 nitrogen and oxygen atoms in total. The molecule has 6 heteroatoms. The smallest absolute Gasteiger partial charge is 0.319 e. The first-order valence-corrected chi connectivity index (χ1v) is 6.25. The number of likely N-dealkylation sites (N-methyl/N-ethyl adjacent to an activating group) is 1. The van der Waals surface area contributed by atoms with Gasteiger partial charge in [0.2, 0.25) is 5.91 Å². The van der Waals surface area contributed by atoms with E-state index in [0.29, 0.717) is 0 Å². The molecule has 0 unspecified atom stereocenters. The Labute approximate surface area is 114 Å². The lowest BCUT2D eigenvalue weighted by Crippen LogP contribution is -2.37. The summed E-state index contributed by atoms with van der Waals surface area (Å²) in [6, 6.07) is 3.44. The second kappa shape index (κ2) is 6.39. The highest BCUT2D eigenvalue weighted by Gasteiger charge is 2.09. The second-order valence-electron chi connectivity index (χ2n) is 3.90. The van der Waals surface area contributed by atoms with Gasteiger partial charge in [-0.1, -0.05) is 15.9 Å². The van der Waals surface area contributed by atoms with Crippen LogP contribution in [0.3, 0.4) is 0 Å². The van der Waals surface area contributed by atoms with Crippen molar-refractivity contribution in [3.8, 4) is 0 Å². The highest BCUT2D eigenvalue weighted by molar-refractivity contribution is 9.10. The predicted molar refractivity (Wildman–Crippen MR) is 74.7 cm³/mol. The van der Waals surface area contributed by atoms with Gasteiger partial charge in [-0.05, 0) is 37.1 Å². The largest absolute Gasteiger partial charge is 0.358 e. The summed E-state index contributed by atoms with van der Waals surface area (Å²) in [5.41, 5.74) is 2.67. The van der Waals surface area contributed by atoms with E-state index in [9.17, 15) is 9.59 Å². The molecule has 0 aliphatic carbocycles. The van der Waals surface area contributed by atoms with Gasteiger partial charge in [0.25, 0.3) is 0 Å². The van der Waals surface area contributed by atoms with Gasteiger partial charge in [-0.3, -0.25) is 4.79 Å². The summed E-state index contributed by atoms with van der Waals surface area (Å²) >= 11 is 3.39. The van der Waals surface area contributed by atoms with E-state index in [1.54, 1.807) is 0 Å². The van der Waals surface area contributed by atoms with Crippen molar-refractivity contribution in [3.05, 3.63) is 27.7 Å². The van der Waals surface area contributed by atoms with Gasteiger partial charge in [0.15, 0.2) is 0 Å². The lowest BCUT2D eigenvalue weighted by Gasteiger charge is -2.12. The molecule has 1 aromatic carbocycles. The molecule has 0 spiro atoms. The molecule has 0 fully saturated rings. The van der Waals surface area contributed by atoms with Crippen LogP contribution in [0, 0.1) is 13.8 Å². The van der Waals surface area contributed by atoms with Crippen LogP contribution in [0.25, 0.3) is 0 Å². The van der Waals surface area contributed by atoms with Crippen molar-refractivity contribution in [2.75, 3.05) is 18.9 Å². The van der Waals surface area contributed by atoms with E-state index in [1.807, 2.05) is 26.0 Å². The van der Waals surface area contributed by atoms with Crippen molar-refractivity contribution < 1.29 is 9.59 Å². The third kappa shape index (κ3) is 4.03. The molecule has 0 atom stereocenters.